The van der Waals surface area contributed by atoms with Crippen molar-refractivity contribution in [3.63, 3.8) is 0 Å². The molecule has 1 amide bonds. The van der Waals surface area contributed by atoms with Crippen molar-refractivity contribution in [1.82, 2.24) is 10.2 Å². The molecule has 19 heavy (non-hydrogen) atoms. The van der Waals surface area contributed by atoms with E-state index in [0.29, 0.717) is 23.7 Å². The molecule has 3 N–H and O–H groups in total. The molecule has 1 aromatic heterocycles. The number of fused-ring (bicyclic) bond motifs is 1. The number of para-hydroxylation sites is 1. The predicted octanol–water partition coefficient (Wildman–Crippen LogP) is 1.77. The molecule has 1 aliphatic rings. The third-order valence-electron chi connectivity index (χ3n) is 2.87. The van der Waals surface area contributed by atoms with Gasteiger partial charge in [0.15, 0.2) is 11.6 Å². The number of amides is 1. The van der Waals surface area contributed by atoms with Crippen LogP contribution in [0.3, 0.4) is 0 Å². The number of carbonyl (C=O) groups excluding carboxylic acids is 1. The Bertz CT molecular complexity index is 621. The molecular formula is C13H14N4O2. The molecule has 0 bridgehead atoms. The molecule has 0 fully saturated rings. The van der Waals surface area contributed by atoms with Gasteiger partial charge in [0.05, 0.1) is 11.3 Å². The van der Waals surface area contributed by atoms with Crippen LogP contribution in [-0.2, 0) is 0 Å². The van der Waals surface area contributed by atoms with Crippen LogP contribution in [0.1, 0.15) is 16.1 Å². The van der Waals surface area contributed by atoms with Crippen molar-refractivity contribution in [2.24, 2.45) is 0 Å². The van der Waals surface area contributed by atoms with E-state index in [1.165, 1.54) is 0 Å². The molecule has 1 aliphatic heterocycles. The summed E-state index contributed by atoms with van der Waals surface area (Å²) in [5.74, 6) is 0.870. The molecule has 6 heteroatoms. The van der Waals surface area contributed by atoms with Gasteiger partial charge in [-0.15, -0.1) is 0 Å². The molecule has 2 aromatic rings. The Morgan fingerprint density at radius 1 is 1.47 bits per heavy atom. The molecule has 0 saturated carbocycles. The van der Waals surface area contributed by atoms with Crippen LogP contribution in [-0.4, -0.2) is 29.3 Å². The van der Waals surface area contributed by atoms with Crippen molar-refractivity contribution < 1.29 is 9.53 Å². The second-order valence-electron chi connectivity index (χ2n) is 4.35. The van der Waals surface area contributed by atoms with E-state index in [1.807, 2.05) is 19.1 Å². The number of hydrogen-bond donors (Lipinski definition) is 3. The second-order valence-corrected chi connectivity index (χ2v) is 4.35. The minimum atomic E-state index is -0.230. The molecule has 0 radical (unpaired) electrons. The van der Waals surface area contributed by atoms with Gasteiger partial charge in [-0.1, -0.05) is 6.07 Å². The van der Waals surface area contributed by atoms with E-state index >= 15 is 0 Å². The van der Waals surface area contributed by atoms with E-state index in [2.05, 4.69) is 20.8 Å². The van der Waals surface area contributed by atoms with Crippen molar-refractivity contribution >= 4 is 17.4 Å². The highest BCUT2D eigenvalue weighted by atomic mass is 16.5. The number of ether oxygens (including phenoxy) is 1. The molecule has 0 atom stereocenters. The summed E-state index contributed by atoms with van der Waals surface area (Å²) in [6.45, 7) is 3.18. The maximum absolute atomic E-state index is 12.2. The largest absolute Gasteiger partial charge is 0.489 e. The molecule has 0 unspecified atom stereocenters. The SMILES string of the molecule is Cc1cc(NC(=O)c2cccc3c2OCCN3)n[nH]1. The van der Waals surface area contributed by atoms with Crippen LogP contribution in [0.4, 0.5) is 11.5 Å². The Kier molecular flexibility index (Phi) is 2.83. The van der Waals surface area contributed by atoms with Crippen LogP contribution in [0.15, 0.2) is 24.3 Å². The predicted molar refractivity (Wildman–Crippen MR) is 71.7 cm³/mol. The van der Waals surface area contributed by atoms with E-state index in [0.717, 1.165) is 17.9 Å². The lowest BCUT2D eigenvalue weighted by molar-refractivity contribution is 0.102. The molecule has 3 rings (SSSR count). The van der Waals surface area contributed by atoms with Crippen molar-refractivity contribution in [2.45, 2.75) is 6.92 Å². The van der Waals surface area contributed by atoms with Gasteiger partial charge in [0, 0.05) is 18.3 Å². The summed E-state index contributed by atoms with van der Waals surface area (Å²) >= 11 is 0. The van der Waals surface area contributed by atoms with Gasteiger partial charge in [-0.05, 0) is 19.1 Å². The highest BCUT2D eigenvalue weighted by Gasteiger charge is 2.19. The number of anilines is 2. The third-order valence-corrected chi connectivity index (χ3v) is 2.87. The average Bonchev–Trinajstić information content (AvgIpc) is 2.83. The van der Waals surface area contributed by atoms with Gasteiger partial charge < -0.3 is 15.4 Å². The van der Waals surface area contributed by atoms with Crippen molar-refractivity contribution in [1.29, 1.82) is 0 Å². The molecule has 0 aliphatic carbocycles. The standard InChI is InChI=1S/C13H14N4O2/c1-8-7-11(17-16-8)15-13(18)9-3-2-4-10-12(9)19-6-5-14-10/h2-4,7,14H,5-6H2,1H3,(H2,15,16,17,18). The van der Waals surface area contributed by atoms with Crippen LogP contribution in [0.25, 0.3) is 0 Å². The van der Waals surface area contributed by atoms with Crippen LogP contribution < -0.4 is 15.4 Å². The average molecular weight is 258 g/mol. The fourth-order valence-corrected chi connectivity index (χ4v) is 2.02. The number of H-pyrrole nitrogens is 1. The van der Waals surface area contributed by atoms with E-state index in [1.54, 1.807) is 12.1 Å². The van der Waals surface area contributed by atoms with Gasteiger partial charge in [0.25, 0.3) is 5.91 Å². The first-order valence-electron chi connectivity index (χ1n) is 6.07. The number of carbonyl (C=O) groups is 1. The minimum absolute atomic E-state index is 0.230. The summed E-state index contributed by atoms with van der Waals surface area (Å²) in [4.78, 5) is 12.2. The van der Waals surface area contributed by atoms with Gasteiger partial charge in [0.1, 0.15) is 6.61 Å². The number of nitrogens with zero attached hydrogens (tertiary/aromatic N) is 1. The number of rotatable bonds is 2. The Morgan fingerprint density at radius 3 is 3.16 bits per heavy atom. The number of aromatic nitrogens is 2. The maximum atomic E-state index is 12.2. The highest BCUT2D eigenvalue weighted by molar-refractivity contribution is 6.07. The molecule has 2 heterocycles. The first-order valence-corrected chi connectivity index (χ1v) is 6.07. The van der Waals surface area contributed by atoms with Crippen LogP contribution in [0.2, 0.25) is 0 Å². The second kappa shape index (κ2) is 4.64. The van der Waals surface area contributed by atoms with Gasteiger partial charge in [-0.3, -0.25) is 9.89 Å². The molecule has 0 saturated heterocycles. The Hall–Kier alpha value is -2.50. The number of aryl methyl sites for hydroxylation is 1. The smallest absolute Gasteiger partial charge is 0.260 e. The lowest BCUT2D eigenvalue weighted by Crippen LogP contribution is -2.22. The zero-order chi connectivity index (χ0) is 13.2. The number of benzene rings is 1. The van der Waals surface area contributed by atoms with E-state index in [4.69, 9.17) is 4.74 Å². The monoisotopic (exact) mass is 258 g/mol. The number of nitrogens with one attached hydrogen (secondary N) is 3. The van der Waals surface area contributed by atoms with E-state index in [-0.39, 0.29) is 5.91 Å². The lowest BCUT2D eigenvalue weighted by atomic mass is 10.1. The molecule has 6 nitrogen and oxygen atoms in total. The number of hydrogen-bond acceptors (Lipinski definition) is 4. The normalized spacial score (nSPS) is 13.1. The highest BCUT2D eigenvalue weighted by Crippen LogP contribution is 2.31. The summed E-state index contributed by atoms with van der Waals surface area (Å²) in [6.07, 6.45) is 0. The first kappa shape index (κ1) is 11.6. The summed E-state index contributed by atoms with van der Waals surface area (Å²) < 4.78 is 5.57. The van der Waals surface area contributed by atoms with E-state index < -0.39 is 0 Å². The zero-order valence-electron chi connectivity index (χ0n) is 10.5. The Labute approximate surface area is 110 Å². The van der Waals surface area contributed by atoms with Crippen LogP contribution in [0, 0.1) is 6.92 Å². The van der Waals surface area contributed by atoms with Gasteiger partial charge >= 0.3 is 0 Å². The van der Waals surface area contributed by atoms with Crippen molar-refractivity contribution in [3.8, 4) is 5.75 Å². The summed E-state index contributed by atoms with van der Waals surface area (Å²) in [5.41, 5.74) is 2.24. The number of aromatic amines is 1. The van der Waals surface area contributed by atoms with Crippen LogP contribution in [0.5, 0.6) is 5.75 Å². The third kappa shape index (κ3) is 2.24. The van der Waals surface area contributed by atoms with Gasteiger partial charge in [-0.2, -0.15) is 5.10 Å². The van der Waals surface area contributed by atoms with Crippen LogP contribution >= 0.6 is 0 Å². The molecule has 98 valence electrons. The minimum Gasteiger partial charge on any atom is -0.489 e. The zero-order valence-corrected chi connectivity index (χ0v) is 10.5. The first-order chi connectivity index (χ1) is 9.24. The quantitative estimate of drug-likeness (QED) is 0.767. The van der Waals surface area contributed by atoms with E-state index in [9.17, 15) is 4.79 Å². The summed E-state index contributed by atoms with van der Waals surface area (Å²) in [5, 5.41) is 12.7. The lowest BCUT2D eigenvalue weighted by Gasteiger charge is -2.21. The van der Waals surface area contributed by atoms with Crippen molar-refractivity contribution in [3.05, 3.63) is 35.5 Å². The topological polar surface area (TPSA) is 79.0 Å². The molecule has 0 spiro atoms. The van der Waals surface area contributed by atoms with Crippen molar-refractivity contribution in [2.75, 3.05) is 23.8 Å². The summed E-state index contributed by atoms with van der Waals surface area (Å²) in [6, 6.07) is 7.22. The Morgan fingerprint density at radius 2 is 2.37 bits per heavy atom. The fraction of sp³-hybridized carbons (Fsp3) is 0.231. The summed E-state index contributed by atoms with van der Waals surface area (Å²) in [7, 11) is 0. The fourth-order valence-electron chi connectivity index (χ4n) is 2.02. The molecular weight excluding hydrogens is 244 g/mol. The van der Waals surface area contributed by atoms with Gasteiger partial charge in [-0.25, -0.2) is 0 Å². The van der Waals surface area contributed by atoms with Gasteiger partial charge in [0.2, 0.25) is 0 Å². The molecule has 1 aromatic carbocycles. The Balaban J connectivity index is 1.87. The maximum Gasteiger partial charge on any atom is 0.260 e.